The molecule has 0 spiro atoms. The fourth-order valence-corrected chi connectivity index (χ4v) is 2.94. The van der Waals surface area contributed by atoms with Crippen LogP contribution in [0.5, 0.6) is 0 Å². The summed E-state index contributed by atoms with van der Waals surface area (Å²) in [4.78, 5) is 22.8. The number of benzene rings is 1. The second kappa shape index (κ2) is 7.29. The number of carbonyl (C=O) groups is 2. The van der Waals surface area contributed by atoms with Gasteiger partial charge in [0.1, 0.15) is 12.2 Å². The molecule has 0 radical (unpaired) electrons. The van der Waals surface area contributed by atoms with Gasteiger partial charge in [0.05, 0.1) is 13.2 Å². The van der Waals surface area contributed by atoms with Crippen LogP contribution in [0.1, 0.15) is 25.7 Å². The van der Waals surface area contributed by atoms with E-state index in [4.69, 9.17) is 23.7 Å². The molecular formula is C17H20O7. The van der Waals surface area contributed by atoms with E-state index in [1.807, 2.05) is 30.3 Å². The zero-order valence-corrected chi connectivity index (χ0v) is 13.5. The van der Waals surface area contributed by atoms with E-state index in [9.17, 15) is 9.59 Å². The van der Waals surface area contributed by atoms with Crippen LogP contribution < -0.4 is 0 Å². The molecule has 0 N–H and O–H groups in total. The van der Waals surface area contributed by atoms with Crippen molar-refractivity contribution in [3.8, 4) is 0 Å². The predicted molar refractivity (Wildman–Crippen MR) is 80.9 cm³/mol. The minimum atomic E-state index is -0.736. The van der Waals surface area contributed by atoms with Crippen LogP contribution in [-0.2, 0) is 33.3 Å². The number of fused-ring (bicyclic) bond motifs is 1. The summed E-state index contributed by atoms with van der Waals surface area (Å²) < 4.78 is 28.0. The van der Waals surface area contributed by atoms with Gasteiger partial charge in [-0.05, 0) is 0 Å². The Morgan fingerprint density at radius 3 is 2.38 bits per heavy atom. The van der Waals surface area contributed by atoms with Crippen LogP contribution in [-0.4, -0.2) is 49.6 Å². The second-order valence-electron chi connectivity index (χ2n) is 5.77. The van der Waals surface area contributed by atoms with Crippen molar-refractivity contribution >= 4 is 11.9 Å². The monoisotopic (exact) mass is 336 g/mol. The summed E-state index contributed by atoms with van der Waals surface area (Å²) in [7, 11) is 0. The van der Waals surface area contributed by atoms with Crippen LogP contribution >= 0.6 is 0 Å². The van der Waals surface area contributed by atoms with Crippen molar-refractivity contribution in [3.05, 3.63) is 35.9 Å². The van der Waals surface area contributed by atoms with Gasteiger partial charge >= 0.3 is 11.9 Å². The summed E-state index contributed by atoms with van der Waals surface area (Å²) in [5.74, 6) is -0.935. The van der Waals surface area contributed by atoms with E-state index in [-0.39, 0.29) is 12.7 Å². The number of hydrogen-bond donors (Lipinski definition) is 0. The molecule has 0 aromatic heterocycles. The molecule has 2 fully saturated rings. The lowest BCUT2D eigenvalue weighted by Gasteiger charge is -2.45. The molecule has 130 valence electrons. The lowest BCUT2D eigenvalue weighted by molar-refractivity contribution is -0.316. The minimum absolute atomic E-state index is 0.126. The van der Waals surface area contributed by atoms with E-state index in [1.54, 1.807) is 0 Å². The summed E-state index contributed by atoms with van der Waals surface area (Å²) in [6.45, 7) is 3.04. The summed E-state index contributed by atoms with van der Waals surface area (Å²) >= 11 is 0. The van der Waals surface area contributed by atoms with Crippen molar-refractivity contribution in [2.24, 2.45) is 0 Å². The molecule has 0 amide bonds. The number of rotatable bonds is 3. The van der Waals surface area contributed by atoms with E-state index in [0.29, 0.717) is 6.61 Å². The first kappa shape index (κ1) is 16.9. The van der Waals surface area contributed by atoms with Crippen LogP contribution in [0.15, 0.2) is 30.3 Å². The zero-order valence-electron chi connectivity index (χ0n) is 13.5. The maximum Gasteiger partial charge on any atom is 0.303 e. The van der Waals surface area contributed by atoms with Crippen molar-refractivity contribution in [1.29, 1.82) is 0 Å². The summed E-state index contributed by atoms with van der Waals surface area (Å²) in [6.07, 6.45) is -3.00. The second-order valence-corrected chi connectivity index (χ2v) is 5.77. The van der Waals surface area contributed by atoms with Crippen molar-refractivity contribution in [2.45, 2.75) is 44.6 Å². The molecule has 2 aliphatic heterocycles. The first-order chi connectivity index (χ1) is 11.5. The number of esters is 2. The van der Waals surface area contributed by atoms with Crippen LogP contribution in [0.3, 0.4) is 0 Å². The van der Waals surface area contributed by atoms with Crippen molar-refractivity contribution in [1.82, 2.24) is 0 Å². The molecule has 0 aliphatic carbocycles. The van der Waals surface area contributed by atoms with Crippen LogP contribution in [0.4, 0.5) is 0 Å². The number of hydrogen-bond acceptors (Lipinski definition) is 7. The average molecular weight is 336 g/mol. The average Bonchev–Trinajstić information content (AvgIpc) is 2.56. The quantitative estimate of drug-likeness (QED) is 0.771. The van der Waals surface area contributed by atoms with Crippen molar-refractivity contribution in [3.63, 3.8) is 0 Å². The summed E-state index contributed by atoms with van der Waals surface area (Å²) in [6, 6.07) is 9.45. The van der Waals surface area contributed by atoms with Crippen LogP contribution in [0.25, 0.3) is 0 Å². The number of ether oxygens (including phenoxy) is 5. The number of carbonyl (C=O) groups excluding carboxylic acids is 2. The molecule has 7 nitrogen and oxygen atoms in total. The smallest absolute Gasteiger partial charge is 0.303 e. The van der Waals surface area contributed by atoms with Gasteiger partial charge in [-0.2, -0.15) is 0 Å². The predicted octanol–water partition coefficient (Wildman–Crippen LogP) is 1.36. The van der Waals surface area contributed by atoms with Gasteiger partial charge in [0.2, 0.25) is 0 Å². The van der Waals surface area contributed by atoms with Gasteiger partial charge in [0, 0.05) is 19.4 Å². The largest absolute Gasteiger partial charge is 0.456 e. The van der Waals surface area contributed by atoms with E-state index in [1.165, 1.54) is 13.8 Å². The molecule has 0 saturated carbocycles. The van der Waals surface area contributed by atoms with Gasteiger partial charge in [-0.3, -0.25) is 9.59 Å². The highest BCUT2D eigenvalue weighted by molar-refractivity contribution is 5.67. The lowest BCUT2D eigenvalue weighted by Crippen LogP contribution is -2.60. The highest BCUT2D eigenvalue weighted by Gasteiger charge is 2.48. The van der Waals surface area contributed by atoms with Gasteiger partial charge in [-0.1, -0.05) is 30.3 Å². The molecule has 1 aromatic rings. The maximum absolute atomic E-state index is 11.5. The normalized spacial score (nSPS) is 32.5. The van der Waals surface area contributed by atoms with Crippen LogP contribution in [0.2, 0.25) is 0 Å². The molecule has 1 unspecified atom stereocenters. The molecule has 7 heteroatoms. The fourth-order valence-electron chi connectivity index (χ4n) is 2.94. The van der Waals surface area contributed by atoms with Gasteiger partial charge < -0.3 is 23.7 Å². The fraction of sp³-hybridized carbons (Fsp3) is 0.529. The summed E-state index contributed by atoms with van der Waals surface area (Å²) in [5.41, 5.74) is 0.854. The molecule has 2 saturated heterocycles. The van der Waals surface area contributed by atoms with E-state index >= 15 is 0 Å². The minimum Gasteiger partial charge on any atom is -0.456 e. The van der Waals surface area contributed by atoms with Gasteiger partial charge in [-0.25, -0.2) is 0 Å². The highest BCUT2D eigenvalue weighted by atomic mass is 16.7. The Hall–Kier alpha value is -1.96. The third kappa shape index (κ3) is 3.75. The Kier molecular flexibility index (Phi) is 5.13. The van der Waals surface area contributed by atoms with Gasteiger partial charge in [0.15, 0.2) is 18.5 Å². The third-order valence-electron chi connectivity index (χ3n) is 3.91. The first-order valence-electron chi connectivity index (χ1n) is 7.82. The summed E-state index contributed by atoms with van der Waals surface area (Å²) in [5, 5.41) is 0. The Bertz CT molecular complexity index is 588. The Balaban J connectivity index is 1.79. The third-order valence-corrected chi connectivity index (χ3v) is 3.91. The van der Waals surface area contributed by atoms with Crippen LogP contribution in [0, 0.1) is 0 Å². The molecular weight excluding hydrogens is 316 g/mol. The molecule has 2 heterocycles. The van der Waals surface area contributed by atoms with Crippen molar-refractivity contribution in [2.75, 3.05) is 13.2 Å². The molecule has 24 heavy (non-hydrogen) atoms. The molecule has 0 bridgehead atoms. The molecule has 2 aliphatic rings. The SMILES string of the molecule is CC(=O)O[C@H]1[C@@H]2OC(c3ccccc3)OC[C@H]2OC[C@@H]1OC(C)=O. The lowest BCUT2D eigenvalue weighted by atomic mass is 9.98. The molecule has 3 rings (SSSR count). The standard InChI is InChI=1S/C17H20O7/c1-10(18)22-14-9-20-13-8-21-17(12-6-4-3-5-7-12)24-15(13)16(14)23-11(2)19/h3-7,13-17H,8-9H2,1-2H3/t13-,14+,15-,16-,17?/m1/s1. The molecule has 5 atom stereocenters. The Morgan fingerprint density at radius 1 is 1.00 bits per heavy atom. The van der Waals surface area contributed by atoms with E-state index < -0.39 is 36.5 Å². The van der Waals surface area contributed by atoms with Crippen molar-refractivity contribution < 1.29 is 33.3 Å². The van der Waals surface area contributed by atoms with Gasteiger partial charge in [0.25, 0.3) is 0 Å². The first-order valence-corrected chi connectivity index (χ1v) is 7.82. The topological polar surface area (TPSA) is 80.3 Å². The molecule has 1 aromatic carbocycles. The Morgan fingerprint density at radius 2 is 1.71 bits per heavy atom. The maximum atomic E-state index is 11.5. The van der Waals surface area contributed by atoms with E-state index in [0.717, 1.165) is 5.56 Å². The Labute approximate surface area is 139 Å². The highest BCUT2D eigenvalue weighted by Crippen LogP contribution is 2.34. The zero-order chi connectivity index (χ0) is 17.1. The van der Waals surface area contributed by atoms with Gasteiger partial charge in [-0.15, -0.1) is 0 Å². The van der Waals surface area contributed by atoms with E-state index in [2.05, 4.69) is 0 Å².